The Bertz CT molecular complexity index is 519. The molecule has 1 N–H and O–H groups in total. The summed E-state index contributed by atoms with van der Waals surface area (Å²) in [6, 6.07) is 0. The van der Waals surface area contributed by atoms with Crippen molar-refractivity contribution in [2.75, 3.05) is 12.4 Å². The van der Waals surface area contributed by atoms with Gasteiger partial charge in [0.1, 0.15) is 6.33 Å². The largest absolute Gasteiger partial charge is 0.390 e. The molecule has 0 amide bonds. The summed E-state index contributed by atoms with van der Waals surface area (Å²) in [4.78, 5) is 0. The van der Waals surface area contributed by atoms with Crippen LogP contribution in [0.25, 0.3) is 0 Å². The molecule has 2 fully saturated rings. The monoisotopic (exact) mass is 325 g/mol. The Morgan fingerprint density at radius 2 is 2.18 bits per heavy atom. The van der Waals surface area contributed by atoms with E-state index in [4.69, 9.17) is 4.74 Å². The van der Waals surface area contributed by atoms with E-state index < -0.39 is 6.10 Å². The fourth-order valence-electron chi connectivity index (χ4n) is 4.61. The van der Waals surface area contributed by atoms with Gasteiger partial charge in [0.15, 0.2) is 5.16 Å². The summed E-state index contributed by atoms with van der Waals surface area (Å²) >= 11 is 1.52. The highest BCUT2D eigenvalue weighted by Crippen LogP contribution is 2.60. The Balaban J connectivity index is 1.48. The normalized spacial score (nSPS) is 34.2. The Kier molecular flexibility index (Phi) is 4.54. The fourth-order valence-corrected chi connectivity index (χ4v) is 5.41. The van der Waals surface area contributed by atoms with E-state index in [2.05, 4.69) is 31.0 Å². The van der Waals surface area contributed by atoms with Crippen LogP contribution in [0.3, 0.4) is 0 Å². The molecule has 1 aromatic heterocycles. The van der Waals surface area contributed by atoms with Crippen LogP contribution in [0.1, 0.15) is 33.6 Å². The summed E-state index contributed by atoms with van der Waals surface area (Å²) in [6.45, 7) is 7.50. The van der Waals surface area contributed by atoms with Crippen LogP contribution in [-0.4, -0.2) is 44.4 Å². The maximum Gasteiger partial charge on any atom is 0.190 e. The number of aryl methyl sites for hydroxylation is 1. The van der Waals surface area contributed by atoms with E-state index in [1.165, 1.54) is 24.6 Å². The Morgan fingerprint density at radius 3 is 2.77 bits per heavy atom. The zero-order valence-corrected chi connectivity index (χ0v) is 14.7. The van der Waals surface area contributed by atoms with Crippen LogP contribution < -0.4 is 0 Å². The summed E-state index contributed by atoms with van der Waals surface area (Å²) in [6.07, 6.45) is 4.13. The third kappa shape index (κ3) is 2.81. The predicted molar refractivity (Wildman–Crippen MR) is 86.6 cm³/mol. The molecule has 0 saturated heterocycles. The van der Waals surface area contributed by atoms with Crippen molar-refractivity contribution in [1.29, 1.82) is 0 Å². The number of aliphatic hydroxyl groups is 1. The molecule has 1 heterocycles. The molecule has 2 aliphatic carbocycles. The molecule has 5 unspecified atom stereocenters. The van der Waals surface area contributed by atoms with Gasteiger partial charge in [0.05, 0.1) is 18.8 Å². The molecule has 0 spiro atoms. The molecule has 3 rings (SSSR count). The number of fused-ring (bicyclic) bond motifs is 2. The van der Waals surface area contributed by atoms with Gasteiger partial charge in [0.25, 0.3) is 0 Å². The van der Waals surface area contributed by atoms with Gasteiger partial charge >= 0.3 is 0 Å². The molecule has 0 aromatic carbocycles. The summed E-state index contributed by atoms with van der Waals surface area (Å²) in [5.74, 6) is 2.61. The van der Waals surface area contributed by atoms with Crippen molar-refractivity contribution >= 4 is 11.8 Å². The van der Waals surface area contributed by atoms with Gasteiger partial charge in [-0.25, -0.2) is 0 Å². The van der Waals surface area contributed by atoms with E-state index in [1.54, 1.807) is 6.33 Å². The Labute approximate surface area is 136 Å². The first-order chi connectivity index (χ1) is 10.4. The first-order valence-corrected chi connectivity index (χ1v) is 9.16. The van der Waals surface area contributed by atoms with Crippen LogP contribution >= 0.6 is 11.8 Å². The molecule has 2 saturated carbocycles. The lowest BCUT2D eigenvalue weighted by Gasteiger charge is -2.29. The number of thioether (sulfide) groups is 1. The summed E-state index contributed by atoms with van der Waals surface area (Å²) in [7, 11) is 1.91. The van der Waals surface area contributed by atoms with Crippen LogP contribution in [0.2, 0.25) is 0 Å². The minimum atomic E-state index is -0.462. The van der Waals surface area contributed by atoms with Crippen molar-refractivity contribution in [3.63, 3.8) is 0 Å². The maximum absolute atomic E-state index is 10.2. The lowest BCUT2D eigenvalue weighted by atomic mass is 9.80. The van der Waals surface area contributed by atoms with Crippen molar-refractivity contribution in [2.24, 2.45) is 30.2 Å². The number of hydrogen-bond acceptors (Lipinski definition) is 5. The number of ether oxygens (including phenoxy) is 1. The first-order valence-electron chi connectivity index (χ1n) is 8.17. The Hall–Kier alpha value is -0.590. The number of aromatic nitrogens is 3. The highest BCUT2D eigenvalue weighted by molar-refractivity contribution is 7.99. The molecule has 2 bridgehead atoms. The van der Waals surface area contributed by atoms with Crippen molar-refractivity contribution in [3.8, 4) is 0 Å². The number of aliphatic hydroxyl groups excluding tert-OH is 1. The maximum atomic E-state index is 10.2. The smallest absolute Gasteiger partial charge is 0.190 e. The van der Waals surface area contributed by atoms with Gasteiger partial charge < -0.3 is 14.4 Å². The van der Waals surface area contributed by atoms with E-state index in [0.717, 1.165) is 11.1 Å². The number of hydrogen-bond donors (Lipinski definition) is 1. The first kappa shape index (κ1) is 16.3. The Morgan fingerprint density at radius 1 is 1.45 bits per heavy atom. The van der Waals surface area contributed by atoms with Gasteiger partial charge in [0, 0.05) is 12.8 Å². The van der Waals surface area contributed by atoms with Gasteiger partial charge in [-0.1, -0.05) is 32.5 Å². The molecule has 22 heavy (non-hydrogen) atoms. The molecule has 124 valence electrons. The second kappa shape index (κ2) is 6.13. The summed E-state index contributed by atoms with van der Waals surface area (Å²) in [5.41, 5.74) is 0.391. The molecule has 5 atom stereocenters. The van der Waals surface area contributed by atoms with Gasteiger partial charge in [-0.05, 0) is 36.0 Å². The lowest BCUT2D eigenvalue weighted by Crippen LogP contribution is -2.32. The minimum absolute atomic E-state index is 0.309. The molecule has 1 aromatic rings. The van der Waals surface area contributed by atoms with Crippen LogP contribution in [0.15, 0.2) is 11.5 Å². The molecule has 2 aliphatic rings. The fraction of sp³-hybridized carbons (Fsp3) is 0.875. The third-order valence-electron chi connectivity index (χ3n) is 5.81. The third-order valence-corrected chi connectivity index (χ3v) is 6.98. The average Bonchev–Trinajstić information content (AvgIpc) is 3.05. The number of nitrogens with zero attached hydrogens (tertiary/aromatic N) is 3. The zero-order valence-electron chi connectivity index (χ0n) is 13.9. The van der Waals surface area contributed by atoms with Crippen LogP contribution in [-0.2, 0) is 11.8 Å². The van der Waals surface area contributed by atoms with Gasteiger partial charge in [-0.3, -0.25) is 0 Å². The van der Waals surface area contributed by atoms with E-state index >= 15 is 0 Å². The van der Waals surface area contributed by atoms with E-state index in [1.807, 2.05) is 11.6 Å². The average molecular weight is 325 g/mol. The molecular formula is C16H27N3O2S. The predicted octanol–water partition coefficient (Wildman–Crippen LogP) is 2.36. The highest BCUT2D eigenvalue weighted by atomic mass is 32.2. The molecular weight excluding hydrogens is 298 g/mol. The molecule has 6 heteroatoms. The highest BCUT2D eigenvalue weighted by Gasteiger charge is 2.57. The summed E-state index contributed by atoms with van der Waals surface area (Å²) < 4.78 is 8.00. The van der Waals surface area contributed by atoms with Crippen molar-refractivity contribution in [1.82, 2.24) is 14.8 Å². The SMILES string of the molecule is CC1C(OCC(O)CSc2nncn2C)C2CCC1C2(C)C. The summed E-state index contributed by atoms with van der Waals surface area (Å²) in [5, 5.41) is 18.9. The lowest BCUT2D eigenvalue weighted by molar-refractivity contribution is -0.0506. The molecule has 0 aliphatic heterocycles. The second-order valence-electron chi connectivity index (χ2n) is 7.46. The topological polar surface area (TPSA) is 60.2 Å². The molecule has 0 radical (unpaired) electrons. The van der Waals surface area contributed by atoms with Crippen LogP contribution in [0.5, 0.6) is 0 Å². The second-order valence-corrected chi connectivity index (χ2v) is 8.45. The van der Waals surface area contributed by atoms with Crippen molar-refractivity contribution in [2.45, 2.75) is 51.0 Å². The molecule has 5 nitrogen and oxygen atoms in total. The van der Waals surface area contributed by atoms with Gasteiger partial charge in [0.2, 0.25) is 0 Å². The number of rotatable bonds is 6. The van der Waals surface area contributed by atoms with Gasteiger partial charge in [-0.15, -0.1) is 10.2 Å². The standard InChI is InChI=1S/C16H27N3O2S/c1-10-12-5-6-13(16(12,2)3)14(10)21-7-11(20)8-22-15-18-17-9-19(15)4/h9-14,20H,5-8H2,1-4H3. The zero-order chi connectivity index (χ0) is 15.9. The minimum Gasteiger partial charge on any atom is -0.390 e. The van der Waals surface area contributed by atoms with E-state index in [-0.39, 0.29) is 0 Å². The van der Waals surface area contributed by atoms with E-state index in [9.17, 15) is 5.11 Å². The van der Waals surface area contributed by atoms with Gasteiger partial charge in [-0.2, -0.15) is 0 Å². The van der Waals surface area contributed by atoms with Crippen LogP contribution in [0, 0.1) is 23.2 Å². The van der Waals surface area contributed by atoms with E-state index in [0.29, 0.717) is 35.7 Å². The van der Waals surface area contributed by atoms with Crippen molar-refractivity contribution < 1.29 is 9.84 Å². The van der Waals surface area contributed by atoms with Crippen LogP contribution in [0.4, 0.5) is 0 Å². The van der Waals surface area contributed by atoms with Crippen molar-refractivity contribution in [3.05, 3.63) is 6.33 Å². The quantitative estimate of drug-likeness (QED) is 0.814.